The van der Waals surface area contributed by atoms with Gasteiger partial charge in [0, 0.05) is 12.0 Å². The Hall–Kier alpha value is -0.570. The van der Waals surface area contributed by atoms with Crippen molar-refractivity contribution in [2.75, 3.05) is 19.6 Å². The molecular weight excluding hydrogens is 248 g/mol. The molecule has 3 heteroatoms. The van der Waals surface area contributed by atoms with Crippen LogP contribution in [0.1, 0.15) is 59.3 Å². The number of rotatable bonds is 5. The molecule has 0 aromatic heterocycles. The van der Waals surface area contributed by atoms with Gasteiger partial charge < -0.3 is 10.6 Å². The van der Waals surface area contributed by atoms with Gasteiger partial charge in [0.25, 0.3) is 0 Å². The van der Waals surface area contributed by atoms with Gasteiger partial charge in [-0.2, -0.15) is 0 Å². The molecule has 1 saturated heterocycles. The van der Waals surface area contributed by atoms with Crippen molar-refractivity contribution in [3.63, 3.8) is 0 Å². The van der Waals surface area contributed by atoms with Crippen LogP contribution in [0.4, 0.5) is 0 Å². The molecule has 20 heavy (non-hydrogen) atoms. The Labute approximate surface area is 124 Å². The molecule has 2 unspecified atom stereocenters. The second kappa shape index (κ2) is 6.93. The Balaban J connectivity index is 1.88. The summed E-state index contributed by atoms with van der Waals surface area (Å²) in [6.07, 6.45) is 6.89. The number of hydrogen-bond donors (Lipinski definition) is 2. The van der Waals surface area contributed by atoms with Crippen LogP contribution in [0.5, 0.6) is 0 Å². The van der Waals surface area contributed by atoms with Crippen LogP contribution in [0.3, 0.4) is 0 Å². The van der Waals surface area contributed by atoms with E-state index in [9.17, 15) is 4.79 Å². The van der Waals surface area contributed by atoms with Crippen molar-refractivity contribution in [2.45, 2.75) is 59.3 Å². The van der Waals surface area contributed by atoms with E-state index in [2.05, 4.69) is 31.4 Å². The summed E-state index contributed by atoms with van der Waals surface area (Å²) in [5.41, 5.74) is -0.0513. The van der Waals surface area contributed by atoms with Crippen molar-refractivity contribution in [3.8, 4) is 0 Å². The Kier molecular flexibility index (Phi) is 5.48. The Morgan fingerprint density at radius 3 is 2.65 bits per heavy atom. The minimum Gasteiger partial charge on any atom is -0.355 e. The predicted octanol–water partition coefficient (Wildman–Crippen LogP) is 2.95. The highest BCUT2D eigenvalue weighted by molar-refractivity contribution is 5.82. The van der Waals surface area contributed by atoms with Crippen LogP contribution < -0.4 is 10.6 Å². The minimum atomic E-state index is -0.0513. The zero-order chi connectivity index (χ0) is 14.6. The summed E-state index contributed by atoms with van der Waals surface area (Å²) in [4.78, 5) is 12.7. The molecule has 1 amide bonds. The maximum atomic E-state index is 12.7. The molecule has 0 aromatic carbocycles. The van der Waals surface area contributed by atoms with Gasteiger partial charge in [0.15, 0.2) is 0 Å². The normalized spacial score (nSPS) is 29.6. The van der Waals surface area contributed by atoms with Gasteiger partial charge in [0.1, 0.15) is 0 Å². The standard InChI is InChI=1S/C17H32N2O/c1-13(2)10-17(7-4-5-8-17)16(20)19-12-15-6-9-18-11-14(15)3/h13-15,18H,4-12H2,1-3H3,(H,19,20). The van der Waals surface area contributed by atoms with E-state index in [1.807, 2.05) is 0 Å². The Morgan fingerprint density at radius 2 is 2.05 bits per heavy atom. The first-order valence-electron chi connectivity index (χ1n) is 8.52. The fourth-order valence-electron chi connectivity index (χ4n) is 4.14. The molecule has 1 aliphatic carbocycles. The number of amides is 1. The fraction of sp³-hybridized carbons (Fsp3) is 0.941. The van der Waals surface area contributed by atoms with Crippen molar-refractivity contribution in [3.05, 3.63) is 0 Å². The van der Waals surface area contributed by atoms with Crippen molar-refractivity contribution in [2.24, 2.45) is 23.2 Å². The first-order chi connectivity index (χ1) is 9.53. The highest BCUT2D eigenvalue weighted by atomic mass is 16.2. The number of hydrogen-bond acceptors (Lipinski definition) is 2. The molecule has 3 nitrogen and oxygen atoms in total. The van der Waals surface area contributed by atoms with Crippen LogP contribution >= 0.6 is 0 Å². The van der Waals surface area contributed by atoms with Gasteiger partial charge in [0.05, 0.1) is 0 Å². The monoisotopic (exact) mass is 280 g/mol. The van der Waals surface area contributed by atoms with Crippen molar-refractivity contribution < 1.29 is 4.79 Å². The van der Waals surface area contributed by atoms with E-state index >= 15 is 0 Å². The molecule has 0 aromatic rings. The molecule has 1 saturated carbocycles. The number of carbonyl (C=O) groups excluding carboxylic acids is 1. The summed E-state index contributed by atoms with van der Waals surface area (Å²) >= 11 is 0. The third-order valence-corrected chi connectivity index (χ3v) is 5.33. The van der Waals surface area contributed by atoms with Crippen LogP contribution in [0.15, 0.2) is 0 Å². The van der Waals surface area contributed by atoms with E-state index in [1.54, 1.807) is 0 Å². The quantitative estimate of drug-likeness (QED) is 0.813. The number of nitrogens with one attached hydrogen (secondary N) is 2. The summed E-state index contributed by atoms with van der Waals surface area (Å²) in [5, 5.41) is 6.73. The lowest BCUT2D eigenvalue weighted by Gasteiger charge is -2.33. The molecule has 116 valence electrons. The molecule has 1 aliphatic heterocycles. The van der Waals surface area contributed by atoms with Crippen LogP contribution in [-0.4, -0.2) is 25.5 Å². The maximum Gasteiger partial charge on any atom is 0.226 e. The highest BCUT2D eigenvalue weighted by Crippen LogP contribution is 2.43. The molecule has 2 N–H and O–H groups in total. The summed E-state index contributed by atoms with van der Waals surface area (Å²) in [6, 6.07) is 0. The molecule has 0 spiro atoms. The Morgan fingerprint density at radius 1 is 1.35 bits per heavy atom. The van der Waals surface area contributed by atoms with Crippen molar-refractivity contribution in [1.82, 2.24) is 10.6 Å². The minimum absolute atomic E-state index is 0.0513. The van der Waals surface area contributed by atoms with Crippen LogP contribution in [0.2, 0.25) is 0 Å². The van der Waals surface area contributed by atoms with Gasteiger partial charge in [-0.3, -0.25) is 4.79 Å². The third kappa shape index (κ3) is 3.75. The van der Waals surface area contributed by atoms with Crippen LogP contribution in [0.25, 0.3) is 0 Å². The summed E-state index contributed by atoms with van der Waals surface area (Å²) < 4.78 is 0. The summed E-state index contributed by atoms with van der Waals surface area (Å²) in [5.74, 6) is 2.28. The van der Waals surface area contributed by atoms with Gasteiger partial charge in [-0.15, -0.1) is 0 Å². The zero-order valence-corrected chi connectivity index (χ0v) is 13.5. The van der Waals surface area contributed by atoms with Gasteiger partial charge in [-0.25, -0.2) is 0 Å². The van der Waals surface area contributed by atoms with Crippen molar-refractivity contribution in [1.29, 1.82) is 0 Å². The average molecular weight is 280 g/mol. The fourth-order valence-corrected chi connectivity index (χ4v) is 4.14. The van der Waals surface area contributed by atoms with Gasteiger partial charge in [0.2, 0.25) is 5.91 Å². The lowest BCUT2D eigenvalue weighted by atomic mass is 9.77. The van der Waals surface area contributed by atoms with E-state index in [0.29, 0.717) is 23.7 Å². The van der Waals surface area contributed by atoms with Crippen LogP contribution in [0, 0.1) is 23.2 Å². The smallest absolute Gasteiger partial charge is 0.226 e. The number of carbonyl (C=O) groups is 1. The molecular formula is C17H32N2O. The van der Waals surface area contributed by atoms with Gasteiger partial charge in [-0.1, -0.05) is 33.6 Å². The van der Waals surface area contributed by atoms with Gasteiger partial charge in [-0.05, 0) is 56.5 Å². The molecule has 2 aliphatic rings. The average Bonchev–Trinajstić information content (AvgIpc) is 2.86. The van der Waals surface area contributed by atoms with E-state index in [4.69, 9.17) is 0 Å². The van der Waals surface area contributed by atoms with E-state index < -0.39 is 0 Å². The molecule has 1 heterocycles. The highest BCUT2D eigenvalue weighted by Gasteiger charge is 2.41. The summed E-state index contributed by atoms with van der Waals surface area (Å²) in [6.45, 7) is 9.84. The largest absolute Gasteiger partial charge is 0.355 e. The molecule has 0 bridgehead atoms. The van der Waals surface area contributed by atoms with Crippen LogP contribution in [-0.2, 0) is 4.79 Å². The second-order valence-corrected chi connectivity index (χ2v) is 7.53. The number of piperidine rings is 1. The first kappa shape index (κ1) is 15.8. The van der Waals surface area contributed by atoms with E-state index in [0.717, 1.165) is 38.9 Å². The SMILES string of the molecule is CC(C)CC1(C(=O)NCC2CCNCC2C)CCCC1. The predicted molar refractivity (Wildman–Crippen MR) is 83.5 cm³/mol. The lowest BCUT2D eigenvalue weighted by Crippen LogP contribution is -2.45. The van der Waals surface area contributed by atoms with Gasteiger partial charge >= 0.3 is 0 Å². The zero-order valence-electron chi connectivity index (χ0n) is 13.5. The second-order valence-electron chi connectivity index (χ2n) is 7.53. The Bertz CT molecular complexity index is 321. The first-order valence-corrected chi connectivity index (χ1v) is 8.52. The molecule has 2 rings (SSSR count). The topological polar surface area (TPSA) is 41.1 Å². The molecule has 0 radical (unpaired) electrons. The van der Waals surface area contributed by atoms with E-state index in [-0.39, 0.29) is 5.41 Å². The van der Waals surface area contributed by atoms with E-state index in [1.165, 1.54) is 19.3 Å². The molecule has 2 fully saturated rings. The van der Waals surface area contributed by atoms with Crippen molar-refractivity contribution >= 4 is 5.91 Å². The summed E-state index contributed by atoms with van der Waals surface area (Å²) in [7, 11) is 0. The molecule has 2 atom stereocenters. The third-order valence-electron chi connectivity index (χ3n) is 5.33. The lowest BCUT2D eigenvalue weighted by molar-refractivity contribution is -0.132. The maximum absolute atomic E-state index is 12.7.